The average Bonchev–Trinajstić information content (AvgIpc) is 2.75. The quantitative estimate of drug-likeness (QED) is 0.812. The molecule has 4 heteroatoms. The number of benzene rings is 1. The highest BCUT2D eigenvalue weighted by Gasteiger charge is 2.21. The van der Waals surface area contributed by atoms with Gasteiger partial charge in [-0.15, -0.1) is 0 Å². The Balaban J connectivity index is 2.02. The Bertz CT molecular complexity index is 527. The van der Waals surface area contributed by atoms with Gasteiger partial charge in [0, 0.05) is 12.1 Å². The molecule has 0 radical (unpaired) electrons. The summed E-state index contributed by atoms with van der Waals surface area (Å²) in [7, 11) is 0. The van der Waals surface area contributed by atoms with Crippen LogP contribution >= 0.6 is 0 Å². The third-order valence-corrected chi connectivity index (χ3v) is 3.23. The van der Waals surface area contributed by atoms with Crippen LogP contribution < -0.4 is 5.73 Å². The van der Waals surface area contributed by atoms with Crippen LogP contribution in [0.5, 0.6) is 0 Å². The predicted octanol–water partition coefficient (Wildman–Crippen LogP) is 2.05. The second kappa shape index (κ2) is 3.96. The third-order valence-electron chi connectivity index (χ3n) is 3.23. The van der Waals surface area contributed by atoms with E-state index in [1.165, 1.54) is 5.56 Å². The van der Waals surface area contributed by atoms with Gasteiger partial charge < -0.3 is 5.73 Å². The minimum atomic E-state index is 0.0375. The molecule has 0 bridgehead atoms. The Morgan fingerprint density at radius 2 is 2.06 bits per heavy atom. The Kier molecular flexibility index (Phi) is 2.44. The van der Waals surface area contributed by atoms with Gasteiger partial charge in [-0.25, -0.2) is 9.67 Å². The van der Waals surface area contributed by atoms with Gasteiger partial charge in [0.2, 0.25) is 0 Å². The van der Waals surface area contributed by atoms with Gasteiger partial charge in [0.15, 0.2) is 5.82 Å². The zero-order valence-corrected chi connectivity index (χ0v) is 9.93. The number of nitrogens with two attached hydrogens (primary N) is 1. The fraction of sp³-hybridized carbons (Fsp3) is 0.385. The van der Waals surface area contributed by atoms with Crippen molar-refractivity contribution in [3.8, 4) is 11.4 Å². The van der Waals surface area contributed by atoms with Crippen LogP contribution in [0.3, 0.4) is 0 Å². The average molecular weight is 228 g/mol. The molecule has 1 aromatic heterocycles. The molecule has 0 saturated carbocycles. The molecular weight excluding hydrogens is 212 g/mol. The molecule has 0 fully saturated rings. The number of nitrogens with zero attached hydrogens (tertiary/aromatic N) is 3. The van der Waals surface area contributed by atoms with E-state index < -0.39 is 0 Å². The lowest BCUT2D eigenvalue weighted by Gasteiger charge is -2.17. The minimum Gasteiger partial charge on any atom is -0.321 e. The van der Waals surface area contributed by atoms with Crippen LogP contribution in [0.25, 0.3) is 11.4 Å². The second-order valence-electron chi connectivity index (χ2n) is 4.63. The van der Waals surface area contributed by atoms with Gasteiger partial charge in [0.25, 0.3) is 0 Å². The van der Waals surface area contributed by atoms with Crippen LogP contribution in [0.4, 0.5) is 0 Å². The monoisotopic (exact) mass is 228 g/mol. The van der Waals surface area contributed by atoms with Gasteiger partial charge in [0.1, 0.15) is 5.82 Å². The largest absolute Gasteiger partial charge is 0.321 e. The van der Waals surface area contributed by atoms with Crippen molar-refractivity contribution in [2.45, 2.75) is 32.4 Å². The molecule has 17 heavy (non-hydrogen) atoms. The first-order chi connectivity index (χ1) is 8.24. The van der Waals surface area contributed by atoms with Crippen molar-refractivity contribution in [2.75, 3.05) is 0 Å². The van der Waals surface area contributed by atoms with E-state index in [1.807, 2.05) is 4.68 Å². The first kappa shape index (κ1) is 10.5. The van der Waals surface area contributed by atoms with Gasteiger partial charge in [-0.05, 0) is 19.8 Å². The molecule has 88 valence electrons. The summed E-state index contributed by atoms with van der Waals surface area (Å²) in [5.41, 5.74) is 8.34. The number of aryl methyl sites for hydroxylation is 2. The highest BCUT2D eigenvalue weighted by Crippen LogP contribution is 2.24. The summed E-state index contributed by atoms with van der Waals surface area (Å²) in [5, 5.41) is 4.53. The van der Waals surface area contributed by atoms with E-state index in [0.29, 0.717) is 0 Å². The topological polar surface area (TPSA) is 56.7 Å². The van der Waals surface area contributed by atoms with Crippen molar-refractivity contribution in [1.82, 2.24) is 14.8 Å². The molecule has 0 amide bonds. The molecule has 1 unspecified atom stereocenters. The van der Waals surface area contributed by atoms with Crippen molar-refractivity contribution >= 4 is 0 Å². The second-order valence-corrected chi connectivity index (χ2v) is 4.63. The van der Waals surface area contributed by atoms with Gasteiger partial charge in [0.05, 0.1) is 6.04 Å². The number of fused-ring (bicyclic) bond motifs is 1. The number of rotatable bonds is 1. The fourth-order valence-electron chi connectivity index (χ4n) is 2.21. The van der Waals surface area contributed by atoms with Crippen molar-refractivity contribution in [3.63, 3.8) is 0 Å². The van der Waals surface area contributed by atoms with E-state index in [9.17, 15) is 0 Å². The Hall–Kier alpha value is -1.68. The molecule has 0 spiro atoms. The Morgan fingerprint density at radius 3 is 2.76 bits per heavy atom. The van der Waals surface area contributed by atoms with Crippen LogP contribution in [0.15, 0.2) is 24.3 Å². The molecule has 3 rings (SSSR count). The van der Waals surface area contributed by atoms with Crippen LogP contribution in [0, 0.1) is 6.92 Å². The molecule has 1 aromatic carbocycles. The first-order valence-electron chi connectivity index (χ1n) is 6.01. The molecule has 1 atom stereocenters. The summed E-state index contributed by atoms with van der Waals surface area (Å²) in [6, 6.07) is 8.31. The van der Waals surface area contributed by atoms with Gasteiger partial charge in [-0.2, -0.15) is 5.10 Å². The normalized spacial score (nSPS) is 19.1. The maximum atomic E-state index is 6.04. The zero-order valence-electron chi connectivity index (χ0n) is 9.93. The van der Waals surface area contributed by atoms with E-state index in [1.54, 1.807) is 0 Å². The molecule has 2 aromatic rings. The summed E-state index contributed by atoms with van der Waals surface area (Å²) < 4.78 is 1.95. The molecule has 1 aliphatic heterocycles. The van der Waals surface area contributed by atoms with Crippen molar-refractivity contribution in [2.24, 2.45) is 5.73 Å². The first-order valence-corrected chi connectivity index (χ1v) is 6.01. The molecule has 0 saturated heterocycles. The Labute approximate surface area is 100 Å². The Morgan fingerprint density at radius 1 is 1.29 bits per heavy atom. The van der Waals surface area contributed by atoms with Crippen LogP contribution in [0.1, 0.15) is 30.3 Å². The third kappa shape index (κ3) is 1.85. The summed E-state index contributed by atoms with van der Waals surface area (Å²) >= 11 is 0. The molecule has 4 nitrogen and oxygen atoms in total. The van der Waals surface area contributed by atoms with E-state index in [0.717, 1.165) is 36.6 Å². The summed E-state index contributed by atoms with van der Waals surface area (Å²) in [6.07, 6.45) is 2.09. The lowest BCUT2D eigenvalue weighted by atomic mass is 10.1. The van der Waals surface area contributed by atoms with Crippen LogP contribution in [-0.4, -0.2) is 14.8 Å². The van der Waals surface area contributed by atoms with Crippen LogP contribution in [0.2, 0.25) is 0 Å². The molecule has 2 heterocycles. The van der Waals surface area contributed by atoms with E-state index in [4.69, 9.17) is 5.73 Å². The highest BCUT2D eigenvalue weighted by atomic mass is 15.4. The number of hydrogen-bond donors (Lipinski definition) is 1. The maximum absolute atomic E-state index is 6.04. The van der Waals surface area contributed by atoms with Crippen molar-refractivity contribution < 1.29 is 0 Å². The summed E-state index contributed by atoms with van der Waals surface area (Å²) in [6.45, 7) is 3.01. The lowest BCUT2D eigenvalue weighted by Crippen LogP contribution is -2.22. The fourth-order valence-corrected chi connectivity index (χ4v) is 2.21. The summed E-state index contributed by atoms with van der Waals surface area (Å²) in [5.74, 6) is 1.71. The molecular formula is C13H16N4. The smallest absolute Gasteiger partial charge is 0.181 e. The molecule has 2 N–H and O–H groups in total. The maximum Gasteiger partial charge on any atom is 0.181 e. The van der Waals surface area contributed by atoms with Crippen molar-refractivity contribution in [3.05, 3.63) is 35.7 Å². The van der Waals surface area contributed by atoms with Crippen molar-refractivity contribution in [1.29, 1.82) is 0 Å². The lowest BCUT2D eigenvalue weighted by molar-refractivity contribution is 0.422. The number of aromatic nitrogens is 3. The van der Waals surface area contributed by atoms with Gasteiger partial charge >= 0.3 is 0 Å². The SMILES string of the molecule is Cc1ccc(-c2nc3n(n2)CCCC3N)cc1. The van der Waals surface area contributed by atoms with E-state index in [2.05, 4.69) is 41.3 Å². The van der Waals surface area contributed by atoms with E-state index in [-0.39, 0.29) is 6.04 Å². The van der Waals surface area contributed by atoms with Crippen LogP contribution in [-0.2, 0) is 6.54 Å². The highest BCUT2D eigenvalue weighted by molar-refractivity contribution is 5.55. The summed E-state index contributed by atoms with van der Waals surface area (Å²) in [4.78, 5) is 4.56. The molecule has 0 aliphatic carbocycles. The minimum absolute atomic E-state index is 0.0375. The van der Waals surface area contributed by atoms with Gasteiger partial charge in [-0.1, -0.05) is 29.8 Å². The van der Waals surface area contributed by atoms with E-state index >= 15 is 0 Å². The number of hydrogen-bond acceptors (Lipinski definition) is 3. The molecule has 1 aliphatic rings. The predicted molar refractivity (Wildman–Crippen MR) is 66.4 cm³/mol. The zero-order chi connectivity index (χ0) is 11.8. The standard InChI is InChI=1S/C13H16N4/c1-9-4-6-10(7-5-9)12-15-13-11(14)3-2-8-17(13)16-12/h4-7,11H,2-3,8,14H2,1H3. The van der Waals surface area contributed by atoms with Gasteiger partial charge in [-0.3, -0.25) is 0 Å².